The van der Waals surface area contributed by atoms with Crippen LogP contribution in [0.5, 0.6) is 0 Å². The van der Waals surface area contributed by atoms with E-state index in [4.69, 9.17) is 5.11 Å². The predicted octanol–water partition coefficient (Wildman–Crippen LogP) is 1.31. The van der Waals surface area contributed by atoms with Gasteiger partial charge in [0, 0.05) is 19.0 Å². The second-order valence-corrected chi connectivity index (χ2v) is 5.24. The lowest BCUT2D eigenvalue weighted by molar-refractivity contribution is -0.121. The molecule has 0 saturated heterocycles. The molecular weight excluding hydrogens is 254 g/mol. The van der Waals surface area contributed by atoms with Crippen LogP contribution in [0.1, 0.15) is 35.4 Å². The highest BCUT2D eigenvalue weighted by molar-refractivity contribution is 7.17. The zero-order valence-electron chi connectivity index (χ0n) is 9.81. The number of hydrogen-bond donors (Lipinski definition) is 3. The molecule has 98 valence electrons. The van der Waals surface area contributed by atoms with Gasteiger partial charge < -0.3 is 15.7 Å². The molecule has 7 heteroatoms. The monoisotopic (exact) mass is 269 g/mol. The molecule has 0 atom stereocenters. The van der Waals surface area contributed by atoms with Crippen molar-refractivity contribution in [3.8, 4) is 0 Å². The zero-order valence-corrected chi connectivity index (χ0v) is 10.6. The molecule has 0 bridgehead atoms. The first kappa shape index (κ1) is 12.8. The number of hydrogen-bond acceptors (Lipinski definition) is 5. The molecule has 0 unspecified atom stereocenters. The normalized spacial score (nSPS) is 14.2. The Morgan fingerprint density at radius 1 is 1.50 bits per heavy atom. The highest BCUT2D eigenvalue weighted by atomic mass is 32.1. The number of carboxylic acid groups (broad SMARTS) is 1. The van der Waals surface area contributed by atoms with E-state index in [0.717, 1.165) is 24.2 Å². The highest BCUT2D eigenvalue weighted by Gasteiger charge is 2.22. The van der Waals surface area contributed by atoms with E-state index in [0.29, 0.717) is 30.6 Å². The maximum Gasteiger partial charge on any atom is 0.347 e. The Morgan fingerprint density at radius 3 is 2.89 bits per heavy atom. The first-order valence-corrected chi connectivity index (χ1v) is 6.69. The van der Waals surface area contributed by atoms with Gasteiger partial charge in [0.2, 0.25) is 5.91 Å². The molecule has 0 aromatic carbocycles. The molecule has 0 aliphatic heterocycles. The van der Waals surface area contributed by atoms with E-state index in [9.17, 15) is 9.59 Å². The third-order valence-electron chi connectivity index (χ3n) is 2.52. The molecule has 1 fully saturated rings. The number of aromatic carboxylic acids is 1. The molecule has 18 heavy (non-hydrogen) atoms. The fourth-order valence-electron chi connectivity index (χ4n) is 1.43. The standard InChI is InChI=1S/C11H15N3O3S/c15-9(14-7-3-4-7)2-1-5-12-11-13-6-8(18-11)10(16)17/h6-7H,1-5H2,(H,12,13)(H,14,15)(H,16,17). The molecule has 1 saturated carbocycles. The van der Waals surface area contributed by atoms with E-state index in [1.165, 1.54) is 6.20 Å². The molecule has 3 N–H and O–H groups in total. The molecule has 1 aromatic rings. The first-order valence-electron chi connectivity index (χ1n) is 5.87. The SMILES string of the molecule is O=C(CCCNc1ncc(C(=O)O)s1)NC1CC1. The number of amides is 1. The predicted molar refractivity (Wildman–Crippen MR) is 68.0 cm³/mol. The largest absolute Gasteiger partial charge is 0.477 e. The Bertz CT molecular complexity index is 442. The number of aromatic nitrogens is 1. The summed E-state index contributed by atoms with van der Waals surface area (Å²) in [6.07, 6.45) is 4.72. The maximum atomic E-state index is 11.4. The molecule has 0 radical (unpaired) electrons. The van der Waals surface area contributed by atoms with Crippen LogP contribution < -0.4 is 10.6 Å². The molecule has 0 spiro atoms. The third kappa shape index (κ3) is 3.99. The van der Waals surface area contributed by atoms with Gasteiger partial charge in [0.05, 0.1) is 6.20 Å². The van der Waals surface area contributed by atoms with E-state index in [1.807, 2.05) is 0 Å². The molecule has 1 amide bonds. The minimum Gasteiger partial charge on any atom is -0.477 e. The number of thiazole rings is 1. The van der Waals surface area contributed by atoms with Gasteiger partial charge in [0.25, 0.3) is 0 Å². The number of nitrogens with zero attached hydrogens (tertiary/aromatic N) is 1. The van der Waals surface area contributed by atoms with E-state index < -0.39 is 5.97 Å². The second-order valence-electron chi connectivity index (χ2n) is 4.21. The van der Waals surface area contributed by atoms with Crippen molar-refractivity contribution in [2.75, 3.05) is 11.9 Å². The van der Waals surface area contributed by atoms with Crippen molar-refractivity contribution in [2.24, 2.45) is 0 Å². The summed E-state index contributed by atoms with van der Waals surface area (Å²) >= 11 is 1.10. The van der Waals surface area contributed by atoms with E-state index >= 15 is 0 Å². The van der Waals surface area contributed by atoms with Crippen LogP contribution >= 0.6 is 11.3 Å². The van der Waals surface area contributed by atoms with Crippen molar-refractivity contribution >= 4 is 28.3 Å². The van der Waals surface area contributed by atoms with Crippen LogP contribution in [-0.2, 0) is 4.79 Å². The number of carboxylic acids is 1. The van der Waals surface area contributed by atoms with Gasteiger partial charge in [0.1, 0.15) is 4.88 Å². The van der Waals surface area contributed by atoms with Crippen molar-refractivity contribution in [1.29, 1.82) is 0 Å². The van der Waals surface area contributed by atoms with Gasteiger partial charge in [-0.1, -0.05) is 11.3 Å². The van der Waals surface area contributed by atoms with Crippen molar-refractivity contribution in [2.45, 2.75) is 31.7 Å². The smallest absolute Gasteiger partial charge is 0.347 e. The summed E-state index contributed by atoms with van der Waals surface area (Å²) in [5, 5.41) is 15.2. The molecular formula is C11H15N3O3S. The number of anilines is 1. The Balaban J connectivity index is 1.61. The number of rotatable bonds is 7. The summed E-state index contributed by atoms with van der Waals surface area (Å²) in [6.45, 7) is 0.616. The van der Waals surface area contributed by atoms with Gasteiger partial charge >= 0.3 is 5.97 Å². The topological polar surface area (TPSA) is 91.3 Å². The van der Waals surface area contributed by atoms with Crippen LogP contribution in [0.4, 0.5) is 5.13 Å². The molecule has 2 rings (SSSR count). The van der Waals surface area contributed by atoms with Crippen molar-refractivity contribution in [3.63, 3.8) is 0 Å². The minimum atomic E-state index is -0.968. The van der Waals surface area contributed by atoms with Gasteiger partial charge in [-0.25, -0.2) is 9.78 Å². The summed E-state index contributed by atoms with van der Waals surface area (Å²) in [5.74, 6) is -0.881. The first-order chi connectivity index (χ1) is 8.65. The zero-order chi connectivity index (χ0) is 13.0. The molecule has 1 heterocycles. The second kappa shape index (κ2) is 5.81. The lowest BCUT2D eigenvalue weighted by Gasteiger charge is -2.03. The van der Waals surface area contributed by atoms with Gasteiger partial charge in [-0.05, 0) is 19.3 Å². The Morgan fingerprint density at radius 2 is 2.28 bits per heavy atom. The summed E-state index contributed by atoms with van der Waals surface area (Å²) in [7, 11) is 0. The fourth-order valence-corrected chi connectivity index (χ4v) is 2.11. The van der Waals surface area contributed by atoms with E-state index in [1.54, 1.807) is 0 Å². The fraction of sp³-hybridized carbons (Fsp3) is 0.545. The van der Waals surface area contributed by atoms with Gasteiger partial charge in [-0.2, -0.15) is 0 Å². The van der Waals surface area contributed by atoms with E-state index in [-0.39, 0.29) is 10.8 Å². The van der Waals surface area contributed by atoms with Crippen molar-refractivity contribution < 1.29 is 14.7 Å². The Kier molecular flexibility index (Phi) is 4.14. The molecule has 1 aliphatic rings. The Hall–Kier alpha value is -1.63. The van der Waals surface area contributed by atoms with Gasteiger partial charge in [-0.3, -0.25) is 4.79 Å². The summed E-state index contributed by atoms with van der Waals surface area (Å²) in [5.41, 5.74) is 0. The van der Waals surface area contributed by atoms with Crippen LogP contribution in [0.15, 0.2) is 6.20 Å². The van der Waals surface area contributed by atoms with E-state index in [2.05, 4.69) is 15.6 Å². The average molecular weight is 269 g/mol. The highest BCUT2D eigenvalue weighted by Crippen LogP contribution is 2.19. The number of carbonyl (C=O) groups excluding carboxylic acids is 1. The van der Waals surface area contributed by atoms with Gasteiger partial charge in [-0.15, -0.1) is 0 Å². The lowest BCUT2D eigenvalue weighted by atomic mass is 10.3. The van der Waals surface area contributed by atoms with Crippen LogP contribution in [0.25, 0.3) is 0 Å². The van der Waals surface area contributed by atoms with Crippen molar-refractivity contribution in [1.82, 2.24) is 10.3 Å². The van der Waals surface area contributed by atoms with Crippen LogP contribution in [-0.4, -0.2) is 34.6 Å². The van der Waals surface area contributed by atoms with Crippen LogP contribution in [0, 0.1) is 0 Å². The Labute approximate surface area is 108 Å². The average Bonchev–Trinajstić information content (AvgIpc) is 2.99. The molecule has 1 aliphatic carbocycles. The molecule has 6 nitrogen and oxygen atoms in total. The van der Waals surface area contributed by atoms with Gasteiger partial charge in [0.15, 0.2) is 5.13 Å². The third-order valence-corrected chi connectivity index (χ3v) is 3.46. The lowest BCUT2D eigenvalue weighted by Crippen LogP contribution is -2.25. The van der Waals surface area contributed by atoms with Crippen LogP contribution in [0.2, 0.25) is 0 Å². The quantitative estimate of drug-likeness (QED) is 0.649. The number of carbonyl (C=O) groups is 2. The summed E-state index contributed by atoms with van der Waals surface area (Å²) in [6, 6.07) is 0.405. The number of nitrogens with one attached hydrogen (secondary N) is 2. The summed E-state index contributed by atoms with van der Waals surface area (Å²) < 4.78 is 0. The van der Waals surface area contributed by atoms with Crippen molar-refractivity contribution in [3.05, 3.63) is 11.1 Å². The molecule has 1 aromatic heterocycles. The maximum absolute atomic E-state index is 11.4. The minimum absolute atomic E-state index is 0.0877. The van der Waals surface area contributed by atoms with Crippen LogP contribution in [0.3, 0.4) is 0 Å². The summed E-state index contributed by atoms with van der Waals surface area (Å²) in [4.78, 5) is 26.2.